The molecule has 3 heterocycles. The molecule has 1 aliphatic heterocycles. The lowest BCUT2D eigenvalue weighted by Gasteiger charge is -2.32. The van der Waals surface area contributed by atoms with Gasteiger partial charge in [0.15, 0.2) is 0 Å². The highest BCUT2D eigenvalue weighted by Gasteiger charge is 2.26. The summed E-state index contributed by atoms with van der Waals surface area (Å²) in [5, 5.41) is 0. The normalized spacial score (nSPS) is 18.1. The van der Waals surface area contributed by atoms with E-state index in [0.29, 0.717) is 18.7 Å². The van der Waals surface area contributed by atoms with Gasteiger partial charge < -0.3 is 14.9 Å². The van der Waals surface area contributed by atoms with E-state index in [0.717, 1.165) is 23.2 Å². The summed E-state index contributed by atoms with van der Waals surface area (Å²) in [5.74, 6) is 0.981. The number of imidazole rings is 1. The number of nitrogens with one attached hydrogen (secondary N) is 2. The van der Waals surface area contributed by atoms with Crippen LogP contribution < -0.4 is 11.2 Å². The van der Waals surface area contributed by atoms with Crippen molar-refractivity contribution in [3.8, 4) is 0 Å². The number of carbonyl (C=O) groups excluding carboxylic acids is 1. The molecule has 23 heavy (non-hydrogen) atoms. The van der Waals surface area contributed by atoms with Gasteiger partial charge in [-0.25, -0.2) is 9.78 Å². The number of hydrogen-bond acceptors (Lipinski definition) is 4. The van der Waals surface area contributed by atoms with Crippen molar-refractivity contribution in [3.05, 3.63) is 50.8 Å². The fourth-order valence-electron chi connectivity index (χ4n) is 2.94. The van der Waals surface area contributed by atoms with Crippen molar-refractivity contribution in [1.29, 1.82) is 0 Å². The molecule has 0 radical (unpaired) electrons. The van der Waals surface area contributed by atoms with Crippen molar-refractivity contribution in [2.24, 2.45) is 7.05 Å². The van der Waals surface area contributed by atoms with E-state index >= 15 is 0 Å². The van der Waals surface area contributed by atoms with Crippen LogP contribution in [0.2, 0.25) is 0 Å². The maximum atomic E-state index is 12.5. The van der Waals surface area contributed by atoms with Gasteiger partial charge >= 0.3 is 5.69 Å². The third kappa shape index (κ3) is 3.10. The minimum absolute atomic E-state index is 0.00563. The van der Waals surface area contributed by atoms with Crippen molar-refractivity contribution < 1.29 is 4.79 Å². The molecule has 0 aliphatic carbocycles. The molecule has 1 amide bonds. The summed E-state index contributed by atoms with van der Waals surface area (Å²) < 4.78 is 0.977. The Balaban J connectivity index is 1.72. The molecule has 2 N–H and O–H groups in total. The highest BCUT2D eigenvalue weighted by atomic mass is 16.2. The number of carbonyl (C=O) groups is 1. The monoisotopic (exact) mass is 317 g/mol. The van der Waals surface area contributed by atoms with Gasteiger partial charge in [0.1, 0.15) is 5.82 Å². The summed E-state index contributed by atoms with van der Waals surface area (Å²) in [7, 11) is 1.39. The van der Waals surface area contributed by atoms with Crippen LogP contribution in [0.5, 0.6) is 0 Å². The zero-order valence-corrected chi connectivity index (χ0v) is 12.9. The van der Waals surface area contributed by atoms with Gasteiger partial charge in [0.05, 0.1) is 6.42 Å². The average Bonchev–Trinajstić information content (AvgIpc) is 3.10. The summed E-state index contributed by atoms with van der Waals surface area (Å²) >= 11 is 0. The number of nitrogens with zero attached hydrogens (tertiary/aromatic N) is 3. The number of aromatic amines is 2. The van der Waals surface area contributed by atoms with Crippen LogP contribution in [-0.2, 0) is 18.3 Å². The smallest absolute Gasteiger partial charge is 0.328 e. The number of aromatic nitrogens is 4. The second kappa shape index (κ2) is 6.23. The van der Waals surface area contributed by atoms with Crippen molar-refractivity contribution in [3.63, 3.8) is 0 Å². The quantitative estimate of drug-likeness (QED) is 0.814. The van der Waals surface area contributed by atoms with E-state index in [4.69, 9.17) is 0 Å². The van der Waals surface area contributed by atoms with E-state index in [1.807, 2.05) is 0 Å². The van der Waals surface area contributed by atoms with Gasteiger partial charge in [-0.15, -0.1) is 0 Å². The molecule has 0 aromatic carbocycles. The molecule has 0 saturated carbocycles. The molecule has 3 rings (SSSR count). The molecular formula is C15H19N5O3. The molecule has 0 spiro atoms. The molecular weight excluding hydrogens is 298 g/mol. The largest absolute Gasteiger partial charge is 0.348 e. The van der Waals surface area contributed by atoms with E-state index in [-0.39, 0.29) is 18.2 Å². The Hall–Kier alpha value is -2.64. The summed E-state index contributed by atoms with van der Waals surface area (Å²) in [6, 6.07) is 0. The Morgan fingerprint density at radius 3 is 2.96 bits per heavy atom. The zero-order chi connectivity index (χ0) is 16.4. The van der Waals surface area contributed by atoms with Crippen molar-refractivity contribution in [1.82, 2.24) is 24.4 Å². The first kappa shape index (κ1) is 15.3. The van der Waals surface area contributed by atoms with Gasteiger partial charge in [-0.3, -0.25) is 14.2 Å². The molecule has 1 aliphatic rings. The minimum atomic E-state index is -0.484. The molecule has 0 unspecified atom stereocenters. The molecule has 2 aromatic heterocycles. The number of likely N-dealkylation sites (tertiary alicyclic amines) is 1. The summed E-state index contributed by atoms with van der Waals surface area (Å²) in [5.41, 5.74) is -0.610. The van der Waals surface area contributed by atoms with Gasteiger partial charge in [-0.2, -0.15) is 0 Å². The lowest BCUT2D eigenvalue weighted by molar-refractivity contribution is -0.131. The lowest BCUT2D eigenvalue weighted by atomic mass is 9.97. The Morgan fingerprint density at radius 1 is 1.39 bits per heavy atom. The number of rotatable bonds is 3. The molecule has 8 heteroatoms. The SMILES string of the molecule is Cn1c(=O)[nH]cc(CC(=O)N2CCC[C@H](c3ncc[nH]3)C2)c1=O. The standard InChI is InChI=1S/C15H19N5O3/c1-19-14(22)11(8-18-15(19)23)7-12(21)20-6-2-3-10(9-20)13-16-4-5-17-13/h4-5,8,10H,2-3,6-7,9H2,1H3,(H,16,17)(H,18,23)/t10-/m0/s1. The molecule has 2 aromatic rings. The van der Waals surface area contributed by atoms with Crippen LogP contribution >= 0.6 is 0 Å². The minimum Gasteiger partial charge on any atom is -0.348 e. The number of hydrogen-bond donors (Lipinski definition) is 2. The Kier molecular flexibility index (Phi) is 4.14. The van der Waals surface area contributed by atoms with Crippen LogP contribution in [0.15, 0.2) is 28.2 Å². The zero-order valence-electron chi connectivity index (χ0n) is 12.9. The van der Waals surface area contributed by atoms with E-state index in [1.165, 1.54) is 13.2 Å². The first-order valence-electron chi connectivity index (χ1n) is 7.61. The highest BCUT2D eigenvalue weighted by Crippen LogP contribution is 2.24. The summed E-state index contributed by atoms with van der Waals surface area (Å²) in [6.45, 7) is 1.27. The number of H-pyrrole nitrogens is 2. The Morgan fingerprint density at radius 2 is 2.22 bits per heavy atom. The summed E-state index contributed by atoms with van der Waals surface area (Å²) in [6.07, 6.45) is 6.70. The summed E-state index contributed by atoms with van der Waals surface area (Å²) in [4.78, 5) is 47.5. The van der Waals surface area contributed by atoms with Crippen molar-refractivity contribution in [2.75, 3.05) is 13.1 Å². The molecule has 1 atom stereocenters. The lowest BCUT2D eigenvalue weighted by Crippen LogP contribution is -2.42. The van der Waals surface area contributed by atoms with E-state index in [2.05, 4.69) is 15.0 Å². The van der Waals surface area contributed by atoms with E-state index in [9.17, 15) is 14.4 Å². The second-order valence-corrected chi connectivity index (χ2v) is 5.81. The van der Waals surface area contributed by atoms with Crippen molar-refractivity contribution >= 4 is 5.91 Å². The number of piperidine rings is 1. The van der Waals surface area contributed by atoms with Gasteiger partial charge in [0.25, 0.3) is 5.56 Å². The van der Waals surface area contributed by atoms with Gasteiger partial charge in [0.2, 0.25) is 5.91 Å². The maximum Gasteiger partial charge on any atom is 0.328 e. The first-order chi connectivity index (χ1) is 11.1. The average molecular weight is 317 g/mol. The van der Waals surface area contributed by atoms with Gasteiger partial charge in [-0.1, -0.05) is 0 Å². The molecule has 1 fully saturated rings. The predicted octanol–water partition coefficient (Wildman–Crippen LogP) is -0.255. The van der Waals surface area contributed by atoms with Crippen LogP contribution in [0.3, 0.4) is 0 Å². The fourth-order valence-corrected chi connectivity index (χ4v) is 2.94. The van der Waals surface area contributed by atoms with Gasteiger partial charge in [0, 0.05) is 50.2 Å². The predicted molar refractivity (Wildman–Crippen MR) is 83.2 cm³/mol. The van der Waals surface area contributed by atoms with E-state index < -0.39 is 11.2 Å². The van der Waals surface area contributed by atoms with Crippen LogP contribution in [0.4, 0.5) is 0 Å². The topological polar surface area (TPSA) is 104 Å². The van der Waals surface area contributed by atoms with Crippen LogP contribution in [-0.4, -0.2) is 43.4 Å². The third-order valence-electron chi connectivity index (χ3n) is 4.28. The van der Waals surface area contributed by atoms with E-state index in [1.54, 1.807) is 17.3 Å². The molecule has 122 valence electrons. The Labute approximate surface area is 132 Å². The third-order valence-corrected chi connectivity index (χ3v) is 4.28. The first-order valence-corrected chi connectivity index (χ1v) is 7.61. The van der Waals surface area contributed by atoms with Gasteiger partial charge in [-0.05, 0) is 12.8 Å². The molecule has 0 bridgehead atoms. The van der Waals surface area contributed by atoms with Crippen LogP contribution in [0, 0.1) is 0 Å². The molecule has 1 saturated heterocycles. The van der Waals surface area contributed by atoms with Crippen LogP contribution in [0.1, 0.15) is 30.1 Å². The van der Waals surface area contributed by atoms with Crippen LogP contribution in [0.25, 0.3) is 0 Å². The van der Waals surface area contributed by atoms with Crippen molar-refractivity contribution in [2.45, 2.75) is 25.2 Å². The number of amides is 1. The Bertz CT molecular complexity index is 805. The second-order valence-electron chi connectivity index (χ2n) is 5.81. The molecule has 8 nitrogen and oxygen atoms in total. The fraction of sp³-hybridized carbons (Fsp3) is 0.467. The highest BCUT2D eigenvalue weighted by molar-refractivity contribution is 5.78. The maximum absolute atomic E-state index is 12.5.